The van der Waals surface area contributed by atoms with Crippen LogP contribution in [0.15, 0.2) is 23.1 Å². The summed E-state index contributed by atoms with van der Waals surface area (Å²) in [5.41, 5.74) is 2.00. The summed E-state index contributed by atoms with van der Waals surface area (Å²) in [6.45, 7) is 1.49. The van der Waals surface area contributed by atoms with Crippen LogP contribution in [0.3, 0.4) is 0 Å². The highest BCUT2D eigenvalue weighted by atomic mass is 32.2. The normalized spacial score (nSPS) is 25.7. The van der Waals surface area contributed by atoms with Gasteiger partial charge in [0.05, 0.1) is 4.75 Å². The van der Waals surface area contributed by atoms with Crippen LogP contribution in [0.5, 0.6) is 0 Å². The van der Waals surface area contributed by atoms with Gasteiger partial charge in [-0.25, -0.2) is 0 Å². The molecule has 3 rings (SSSR count). The monoisotopic (exact) mass is 233 g/mol. The highest BCUT2D eigenvalue weighted by molar-refractivity contribution is 8.02. The Labute approximate surface area is 97.6 Å². The van der Waals surface area contributed by atoms with Gasteiger partial charge in [0.1, 0.15) is 0 Å². The van der Waals surface area contributed by atoms with Crippen LogP contribution in [0.25, 0.3) is 0 Å². The first kappa shape index (κ1) is 9.90. The van der Waals surface area contributed by atoms with E-state index < -0.39 is 0 Å². The van der Waals surface area contributed by atoms with Gasteiger partial charge in [0.15, 0.2) is 5.78 Å². The summed E-state index contributed by atoms with van der Waals surface area (Å²) in [6.07, 6.45) is 1.51. The maximum Gasteiger partial charge on any atom is 0.221 e. The minimum atomic E-state index is -0.142. The van der Waals surface area contributed by atoms with Gasteiger partial charge < -0.3 is 5.32 Å². The van der Waals surface area contributed by atoms with Crippen LogP contribution in [-0.4, -0.2) is 16.4 Å². The Morgan fingerprint density at radius 2 is 2.19 bits per heavy atom. The van der Waals surface area contributed by atoms with E-state index in [-0.39, 0.29) is 10.7 Å². The number of hydrogen-bond acceptors (Lipinski definition) is 3. The van der Waals surface area contributed by atoms with E-state index in [1.54, 1.807) is 11.8 Å². The van der Waals surface area contributed by atoms with Gasteiger partial charge in [-0.3, -0.25) is 9.59 Å². The number of thioether (sulfide) groups is 1. The van der Waals surface area contributed by atoms with Gasteiger partial charge >= 0.3 is 0 Å². The van der Waals surface area contributed by atoms with Crippen molar-refractivity contribution >= 4 is 29.1 Å². The average Bonchev–Trinajstić information content (AvgIpc) is 2.68. The molecule has 0 radical (unpaired) electrons. The van der Waals surface area contributed by atoms with Crippen LogP contribution in [0.4, 0.5) is 5.69 Å². The maximum absolute atomic E-state index is 11.4. The van der Waals surface area contributed by atoms with Crippen molar-refractivity contribution in [1.82, 2.24) is 0 Å². The molecule has 4 heteroatoms. The van der Waals surface area contributed by atoms with Gasteiger partial charge in [-0.2, -0.15) is 0 Å². The fraction of sp³-hybridized carbons (Fsp3) is 0.333. The minimum absolute atomic E-state index is 0.0668. The van der Waals surface area contributed by atoms with Crippen molar-refractivity contribution in [2.24, 2.45) is 0 Å². The maximum atomic E-state index is 11.4. The van der Waals surface area contributed by atoms with Gasteiger partial charge in [0.25, 0.3) is 0 Å². The quantitative estimate of drug-likeness (QED) is 0.807. The molecule has 1 fully saturated rings. The third kappa shape index (κ3) is 1.45. The van der Waals surface area contributed by atoms with Crippen molar-refractivity contribution in [3.05, 3.63) is 23.8 Å². The van der Waals surface area contributed by atoms with Crippen molar-refractivity contribution < 1.29 is 9.59 Å². The van der Waals surface area contributed by atoms with E-state index >= 15 is 0 Å². The number of fused-ring (bicyclic) bond motifs is 1. The third-order valence-electron chi connectivity index (χ3n) is 2.99. The number of rotatable bonds is 1. The molecule has 1 N–H and O–H groups in total. The predicted octanol–water partition coefficient (Wildman–Crippen LogP) is 2.00. The number of benzene rings is 1. The van der Waals surface area contributed by atoms with E-state index in [1.165, 1.54) is 17.4 Å². The van der Waals surface area contributed by atoms with E-state index in [1.807, 2.05) is 18.2 Å². The average molecular weight is 233 g/mol. The second-order valence-corrected chi connectivity index (χ2v) is 5.80. The van der Waals surface area contributed by atoms with Crippen LogP contribution < -0.4 is 5.32 Å². The summed E-state index contributed by atoms with van der Waals surface area (Å²) in [5.74, 6) is 0.289. The highest BCUT2D eigenvalue weighted by Gasteiger charge is 2.57. The lowest BCUT2D eigenvalue weighted by molar-refractivity contribution is -0.114. The molecule has 2 aliphatic rings. The Balaban J connectivity index is 1.89. The van der Waals surface area contributed by atoms with Gasteiger partial charge in [-0.05, 0) is 30.2 Å². The standard InChI is InChI=1S/C12H11NO2S/c1-7(14)13-9-2-3-10-8(4-9)5-12(16-10)6-11(12)15/h2-4H,5-6H2,1H3,(H,13,14). The molecule has 82 valence electrons. The Morgan fingerprint density at radius 1 is 1.44 bits per heavy atom. The van der Waals surface area contributed by atoms with Crippen molar-refractivity contribution in [2.75, 3.05) is 5.32 Å². The molecule has 1 aromatic carbocycles. The van der Waals surface area contributed by atoms with Crippen molar-refractivity contribution in [2.45, 2.75) is 29.4 Å². The van der Waals surface area contributed by atoms with Gasteiger partial charge in [-0.15, -0.1) is 11.8 Å². The zero-order chi connectivity index (χ0) is 11.3. The molecule has 1 aromatic rings. The minimum Gasteiger partial charge on any atom is -0.326 e. The molecule has 1 unspecified atom stereocenters. The summed E-state index contributed by atoms with van der Waals surface area (Å²) in [7, 11) is 0. The first-order valence-electron chi connectivity index (χ1n) is 5.22. The van der Waals surface area contributed by atoms with Gasteiger partial charge in [0.2, 0.25) is 5.91 Å². The third-order valence-corrected chi connectivity index (χ3v) is 4.52. The molecule has 1 heterocycles. The number of Topliss-reactive ketones (excluding diaryl/α,β-unsaturated/α-hetero) is 1. The lowest BCUT2D eigenvalue weighted by atomic mass is 10.1. The second-order valence-electron chi connectivity index (χ2n) is 4.38. The Bertz CT molecular complexity index is 512. The molecule has 1 saturated carbocycles. The number of carbonyl (C=O) groups excluding carboxylic acids is 2. The van der Waals surface area contributed by atoms with Gasteiger partial charge in [-0.1, -0.05) is 0 Å². The summed E-state index contributed by atoms with van der Waals surface area (Å²) in [5, 5.41) is 2.76. The van der Waals surface area contributed by atoms with Crippen LogP contribution in [0.1, 0.15) is 18.9 Å². The fourth-order valence-electron chi connectivity index (χ4n) is 2.12. The van der Waals surface area contributed by atoms with E-state index in [2.05, 4.69) is 5.32 Å². The van der Waals surface area contributed by atoms with Crippen LogP contribution >= 0.6 is 11.8 Å². The van der Waals surface area contributed by atoms with Crippen LogP contribution in [0.2, 0.25) is 0 Å². The molecule has 0 bridgehead atoms. The SMILES string of the molecule is CC(=O)Nc1ccc2c(c1)CC1(CC1=O)S2. The van der Waals surface area contributed by atoms with E-state index in [0.29, 0.717) is 12.2 Å². The molecular formula is C12H11NO2S. The molecular weight excluding hydrogens is 222 g/mol. The molecule has 1 spiro atoms. The lowest BCUT2D eigenvalue weighted by Crippen LogP contribution is -2.06. The highest BCUT2D eigenvalue weighted by Crippen LogP contribution is 2.56. The fourth-order valence-corrected chi connectivity index (χ4v) is 3.49. The first-order valence-corrected chi connectivity index (χ1v) is 6.04. The number of carbonyl (C=O) groups is 2. The van der Waals surface area contributed by atoms with Crippen LogP contribution in [0, 0.1) is 0 Å². The topological polar surface area (TPSA) is 46.2 Å². The zero-order valence-corrected chi connectivity index (χ0v) is 9.69. The molecule has 16 heavy (non-hydrogen) atoms. The Hall–Kier alpha value is -1.29. The molecule has 0 aromatic heterocycles. The number of nitrogens with one attached hydrogen (secondary N) is 1. The van der Waals surface area contributed by atoms with E-state index in [0.717, 1.165) is 12.1 Å². The van der Waals surface area contributed by atoms with Gasteiger partial charge in [0, 0.05) is 23.9 Å². The Morgan fingerprint density at radius 3 is 2.81 bits per heavy atom. The summed E-state index contributed by atoms with van der Waals surface area (Å²) >= 11 is 1.68. The number of anilines is 1. The first-order chi connectivity index (χ1) is 7.59. The van der Waals surface area contributed by atoms with Crippen molar-refractivity contribution in [1.29, 1.82) is 0 Å². The van der Waals surface area contributed by atoms with E-state index in [4.69, 9.17) is 0 Å². The molecule has 1 aliphatic carbocycles. The molecule has 1 amide bonds. The molecule has 1 aliphatic heterocycles. The molecule has 0 saturated heterocycles. The summed E-state index contributed by atoms with van der Waals surface area (Å²) < 4.78 is -0.142. The number of amides is 1. The molecule has 1 atom stereocenters. The van der Waals surface area contributed by atoms with E-state index in [9.17, 15) is 9.59 Å². The summed E-state index contributed by atoms with van der Waals surface area (Å²) in [6, 6.07) is 5.86. The predicted molar refractivity (Wildman–Crippen MR) is 62.7 cm³/mol. The second kappa shape index (κ2) is 3.10. The van der Waals surface area contributed by atoms with Crippen LogP contribution in [-0.2, 0) is 16.0 Å². The lowest BCUT2D eigenvalue weighted by Gasteiger charge is -2.03. The number of ketones is 1. The largest absolute Gasteiger partial charge is 0.326 e. The number of hydrogen-bond donors (Lipinski definition) is 1. The smallest absolute Gasteiger partial charge is 0.221 e. The summed E-state index contributed by atoms with van der Waals surface area (Å²) in [4.78, 5) is 23.5. The van der Waals surface area contributed by atoms with Crippen molar-refractivity contribution in [3.63, 3.8) is 0 Å². The molecule has 3 nitrogen and oxygen atoms in total. The Kier molecular flexibility index (Phi) is 1.92. The van der Waals surface area contributed by atoms with Crippen molar-refractivity contribution in [3.8, 4) is 0 Å². The zero-order valence-electron chi connectivity index (χ0n) is 8.87.